The van der Waals surface area contributed by atoms with Crippen molar-refractivity contribution >= 4 is 44.6 Å². The third-order valence-corrected chi connectivity index (χ3v) is 12.0. The molecule has 0 amide bonds. The first-order valence-corrected chi connectivity index (χ1v) is 21.3. The van der Waals surface area contributed by atoms with Crippen LogP contribution in [0.25, 0.3) is 61.0 Å². The molecule has 65 heavy (non-hydrogen) atoms. The van der Waals surface area contributed by atoms with Crippen molar-refractivity contribution < 1.29 is 36.0 Å². The number of fused-ring (bicyclic) bond motifs is 5. The number of rotatable bonds is 1. The van der Waals surface area contributed by atoms with Gasteiger partial charge in [0.2, 0.25) is 0 Å². The molecule has 318 valence electrons. The fourth-order valence-electron chi connectivity index (χ4n) is 9.02. The fraction of sp³-hybridized carbons (Fsp3) is 0.0690. The average Bonchev–Trinajstić information content (AvgIpc) is 3.91. The molecule has 4 aliphatic heterocycles. The van der Waals surface area contributed by atoms with Crippen molar-refractivity contribution in [2.45, 2.75) is 26.2 Å². The van der Waals surface area contributed by atoms with Crippen LogP contribution < -0.4 is 19.3 Å². The molecule has 0 radical (unpaired) electrons. The van der Waals surface area contributed by atoms with Gasteiger partial charge in [0.15, 0.2) is 0 Å². The van der Waals surface area contributed by atoms with E-state index in [-0.39, 0.29) is 50.6 Å². The summed E-state index contributed by atoms with van der Waals surface area (Å²) in [6, 6.07) is 58.9. The third kappa shape index (κ3) is 7.06. The molecule has 0 N–H and O–H groups in total. The Morgan fingerprint density at radius 3 is 2.08 bits per heavy atom. The summed E-state index contributed by atoms with van der Waals surface area (Å²) in [6.45, 7) is 8.54. The van der Waals surface area contributed by atoms with Crippen LogP contribution in [0.1, 0.15) is 31.8 Å². The van der Waals surface area contributed by atoms with Gasteiger partial charge in [-0.3, -0.25) is 0 Å². The van der Waals surface area contributed by atoms with Gasteiger partial charge in [0, 0.05) is 78.0 Å². The SMILES string of the molecule is [2H]c1c([2H])c([2H])c2c(c1[2H])c1ccc3[c-]c1n2-c1cc(C(C)(C)C)c(cn1)-c1cccc(c1)Oc1ccc(cc1)-c1cccc(-c2ccccc2)c1N1[CH-]N(c2[c-]c(ccc2)O3)c2ccccc21.[Pt]. The Balaban J connectivity index is 0.00000520. The van der Waals surface area contributed by atoms with Gasteiger partial charge in [-0.15, -0.1) is 48.1 Å². The van der Waals surface area contributed by atoms with Crippen LogP contribution in [-0.2, 0) is 26.5 Å². The zero-order chi connectivity index (χ0) is 46.4. The molecule has 0 aliphatic carbocycles. The normalized spacial score (nSPS) is 13.7. The number of anilines is 4. The summed E-state index contributed by atoms with van der Waals surface area (Å²) in [5, 5.41) is 0.968. The number of benzene rings is 8. The third-order valence-electron chi connectivity index (χ3n) is 12.0. The maximum absolute atomic E-state index is 9.22. The molecule has 0 unspecified atom stereocenters. The second-order valence-corrected chi connectivity index (χ2v) is 17.1. The maximum atomic E-state index is 9.22. The Morgan fingerprint density at radius 1 is 0.585 bits per heavy atom. The van der Waals surface area contributed by atoms with E-state index in [1.54, 1.807) is 10.6 Å². The van der Waals surface area contributed by atoms with Crippen LogP contribution in [0, 0.1) is 18.8 Å². The molecule has 0 saturated heterocycles. The van der Waals surface area contributed by atoms with E-state index in [1.165, 1.54) is 0 Å². The summed E-state index contributed by atoms with van der Waals surface area (Å²) in [7, 11) is 0. The Hall–Kier alpha value is -7.40. The number of hydrogen-bond acceptors (Lipinski definition) is 5. The predicted molar refractivity (Wildman–Crippen MR) is 259 cm³/mol. The minimum absolute atomic E-state index is 0. The van der Waals surface area contributed by atoms with Crippen molar-refractivity contribution in [3.8, 4) is 62.2 Å². The van der Waals surface area contributed by atoms with Gasteiger partial charge in [0.05, 0.1) is 5.48 Å². The van der Waals surface area contributed by atoms with E-state index in [1.807, 2.05) is 85.1 Å². The van der Waals surface area contributed by atoms with Gasteiger partial charge in [-0.2, -0.15) is 12.1 Å². The molecule has 4 aliphatic rings. The van der Waals surface area contributed by atoms with E-state index in [2.05, 4.69) is 122 Å². The first-order valence-electron chi connectivity index (χ1n) is 23.3. The van der Waals surface area contributed by atoms with Crippen LogP contribution in [0.5, 0.6) is 23.0 Å². The molecule has 0 saturated carbocycles. The van der Waals surface area contributed by atoms with Crippen molar-refractivity contribution in [1.82, 2.24) is 9.55 Å². The second-order valence-electron chi connectivity index (χ2n) is 17.1. The molecule has 10 aromatic rings. The Labute approximate surface area is 398 Å². The molecule has 6 heterocycles. The Kier molecular flexibility index (Phi) is 8.85. The van der Waals surface area contributed by atoms with Gasteiger partial charge in [0.25, 0.3) is 0 Å². The maximum Gasteiger partial charge on any atom is 0.135 e. The van der Waals surface area contributed by atoms with Crippen LogP contribution in [-0.4, -0.2) is 9.55 Å². The van der Waals surface area contributed by atoms with Crippen LogP contribution >= 0.6 is 0 Å². The molecule has 14 rings (SSSR count). The van der Waals surface area contributed by atoms with Crippen molar-refractivity contribution in [3.63, 3.8) is 0 Å². The topological polar surface area (TPSA) is 42.8 Å². The summed E-state index contributed by atoms with van der Waals surface area (Å²) in [5.74, 6) is 2.66. The zero-order valence-corrected chi connectivity index (χ0v) is 37.9. The summed E-state index contributed by atoms with van der Waals surface area (Å²) >= 11 is 0. The van der Waals surface area contributed by atoms with E-state index in [0.717, 1.165) is 61.7 Å². The largest absolute Gasteiger partial charge is 0.509 e. The number of pyridine rings is 1. The zero-order valence-electron chi connectivity index (χ0n) is 39.6. The number of aromatic nitrogens is 2. The summed E-state index contributed by atoms with van der Waals surface area (Å²) < 4.78 is 50.7. The molecule has 12 bridgehead atoms. The summed E-state index contributed by atoms with van der Waals surface area (Å²) in [6.07, 6.45) is 1.84. The van der Waals surface area contributed by atoms with Crippen LogP contribution in [0.3, 0.4) is 0 Å². The molecular weight excluding hydrogens is 980 g/mol. The van der Waals surface area contributed by atoms with Crippen LogP contribution in [0.4, 0.5) is 22.7 Å². The molecule has 0 fully saturated rings. The average molecular weight is 1030 g/mol. The first-order chi connectivity index (χ1) is 33.0. The minimum atomic E-state index is -0.374. The van der Waals surface area contributed by atoms with E-state index in [0.29, 0.717) is 50.6 Å². The van der Waals surface area contributed by atoms with Gasteiger partial charge in [-0.25, -0.2) is 4.98 Å². The molecule has 8 aromatic carbocycles. The van der Waals surface area contributed by atoms with Crippen molar-refractivity contribution in [3.05, 3.63) is 212 Å². The smallest absolute Gasteiger partial charge is 0.135 e. The van der Waals surface area contributed by atoms with Gasteiger partial charge < -0.3 is 23.8 Å². The van der Waals surface area contributed by atoms with Gasteiger partial charge >= 0.3 is 0 Å². The number of para-hydroxylation sites is 4. The summed E-state index contributed by atoms with van der Waals surface area (Å²) in [4.78, 5) is 9.43. The number of nitrogens with zero attached hydrogens (tertiary/aromatic N) is 4. The Bertz CT molecular complexity index is 3670. The number of hydrogen-bond donors (Lipinski definition) is 0. The molecule has 2 aromatic heterocycles. The van der Waals surface area contributed by atoms with E-state index >= 15 is 0 Å². The summed E-state index contributed by atoms with van der Waals surface area (Å²) in [5.41, 5.74) is 11.2. The second kappa shape index (κ2) is 16.0. The fourth-order valence-corrected chi connectivity index (χ4v) is 9.02. The molecule has 0 atom stereocenters. The van der Waals surface area contributed by atoms with Crippen molar-refractivity contribution in [2.75, 3.05) is 9.80 Å². The van der Waals surface area contributed by atoms with Crippen LogP contribution in [0.2, 0.25) is 0 Å². The predicted octanol–water partition coefficient (Wildman–Crippen LogP) is 15.4. The standard InChI is InChI=1S/C58H41N4O2.Pt/c1-58(2,3)51-35-56-59-36-50(51)40-16-11-18-43(32-40)63-42-28-26-39(27-29-42)47-22-13-21-46(38-14-5-4-6-15-38)57(47)61-37-60(53-24-9-10-25-54(53)61)41-17-12-19-44(33-41)64-45-30-31-49-48-20-7-8-23-52(48)62(56)55(49)34-45;/h4-32,35-37H,1-3H3;/q-3;/i7D,8D,20D,23D;. The van der Waals surface area contributed by atoms with Crippen molar-refractivity contribution in [1.29, 1.82) is 0 Å². The van der Waals surface area contributed by atoms with Gasteiger partial charge in [-0.05, 0) is 81.6 Å². The molecular formula is C58H41N4O2Pt-3. The minimum Gasteiger partial charge on any atom is -0.509 e. The van der Waals surface area contributed by atoms with Gasteiger partial charge in [-0.1, -0.05) is 129 Å². The van der Waals surface area contributed by atoms with Crippen molar-refractivity contribution in [2.24, 2.45) is 0 Å². The van der Waals surface area contributed by atoms with E-state index < -0.39 is 0 Å². The molecule has 7 heteroatoms. The first kappa shape index (κ1) is 36.0. The molecule has 0 spiro atoms. The molecule has 6 nitrogen and oxygen atoms in total. The van der Waals surface area contributed by atoms with E-state index in [4.69, 9.17) is 18.6 Å². The number of ether oxygens (including phenoxy) is 2. The monoisotopic (exact) mass is 1020 g/mol. The van der Waals surface area contributed by atoms with Crippen LogP contribution in [0.15, 0.2) is 188 Å². The van der Waals surface area contributed by atoms with Gasteiger partial charge in [0.1, 0.15) is 17.3 Å². The Morgan fingerprint density at radius 2 is 1.28 bits per heavy atom. The van der Waals surface area contributed by atoms with E-state index in [9.17, 15) is 1.37 Å². The quantitative estimate of drug-likeness (QED) is 0.153.